The standard InChI is InChI=1S/C11H9F3N2O2/c1-6-2-3-8(17)7(4-6)10-15-9(16-18-10)5-11(12,13)14/h2-4,17H,5H2,1H3. The van der Waals surface area contributed by atoms with Gasteiger partial charge in [0.05, 0.1) is 5.56 Å². The molecule has 0 atom stereocenters. The third kappa shape index (κ3) is 2.79. The number of aromatic hydroxyl groups is 1. The molecule has 1 heterocycles. The van der Waals surface area contributed by atoms with Crippen molar-refractivity contribution in [1.82, 2.24) is 10.1 Å². The highest BCUT2D eigenvalue weighted by molar-refractivity contribution is 5.62. The molecule has 2 aromatic rings. The number of hydrogen-bond acceptors (Lipinski definition) is 4. The van der Waals surface area contributed by atoms with Gasteiger partial charge in [-0.25, -0.2) is 0 Å². The van der Waals surface area contributed by atoms with Crippen molar-refractivity contribution in [2.24, 2.45) is 0 Å². The maximum Gasteiger partial charge on any atom is 0.396 e. The molecule has 0 spiro atoms. The van der Waals surface area contributed by atoms with Gasteiger partial charge in [0.2, 0.25) is 0 Å². The minimum Gasteiger partial charge on any atom is -0.507 e. The van der Waals surface area contributed by atoms with Crippen LogP contribution in [0.25, 0.3) is 11.5 Å². The van der Waals surface area contributed by atoms with Crippen molar-refractivity contribution in [3.8, 4) is 17.2 Å². The number of hydrogen-bond donors (Lipinski definition) is 1. The SMILES string of the molecule is Cc1ccc(O)c(-c2nc(CC(F)(F)F)no2)c1. The van der Waals surface area contributed by atoms with Crippen LogP contribution >= 0.6 is 0 Å². The van der Waals surface area contributed by atoms with Gasteiger partial charge < -0.3 is 9.63 Å². The summed E-state index contributed by atoms with van der Waals surface area (Å²) in [6, 6.07) is 4.63. The van der Waals surface area contributed by atoms with Gasteiger partial charge in [0, 0.05) is 0 Å². The summed E-state index contributed by atoms with van der Waals surface area (Å²) in [5.41, 5.74) is 1.04. The summed E-state index contributed by atoms with van der Waals surface area (Å²) in [6.07, 6.45) is -5.65. The van der Waals surface area contributed by atoms with Gasteiger partial charge in [-0.15, -0.1) is 0 Å². The fourth-order valence-electron chi connectivity index (χ4n) is 1.44. The van der Waals surface area contributed by atoms with Gasteiger partial charge in [0.1, 0.15) is 12.2 Å². The van der Waals surface area contributed by atoms with Crippen LogP contribution in [-0.2, 0) is 6.42 Å². The summed E-state index contributed by atoms with van der Waals surface area (Å²) in [6.45, 7) is 1.77. The first-order valence-corrected chi connectivity index (χ1v) is 5.04. The number of nitrogens with zero attached hydrogens (tertiary/aromatic N) is 2. The molecule has 18 heavy (non-hydrogen) atoms. The largest absolute Gasteiger partial charge is 0.507 e. The highest BCUT2D eigenvalue weighted by atomic mass is 19.4. The fourth-order valence-corrected chi connectivity index (χ4v) is 1.44. The van der Waals surface area contributed by atoms with Gasteiger partial charge in [0.25, 0.3) is 5.89 Å². The van der Waals surface area contributed by atoms with Gasteiger partial charge in [0.15, 0.2) is 5.82 Å². The van der Waals surface area contributed by atoms with E-state index in [4.69, 9.17) is 4.52 Å². The first-order chi connectivity index (χ1) is 8.35. The lowest BCUT2D eigenvalue weighted by molar-refractivity contribution is -0.128. The normalized spacial score (nSPS) is 11.8. The van der Waals surface area contributed by atoms with Crippen molar-refractivity contribution in [1.29, 1.82) is 0 Å². The number of phenolic OH excluding ortho intramolecular Hbond substituents is 1. The van der Waals surface area contributed by atoms with Crippen molar-refractivity contribution in [2.75, 3.05) is 0 Å². The highest BCUT2D eigenvalue weighted by Crippen LogP contribution is 2.29. The van der Waals surface area contributed by atoms with E-state index < -0.39 is 18.4 Å². The molecule has 0 aliphatic rings. The van der Waals surface area contributed by atoms with E-state index in [1.807, 2.05) is 0 Å². The molecule has 0 radical (unpaired) electrons. The Balaban J connectivity index is 2.32. The predicted molar refractivity (Wildman–Crippen MR) is 55.9 cm³/mol. The molecule has 0 aliphatic heterocycles. The molecule has 0 bridgehead atoms. The minimum atomic E-state index is -4.39. The average molecular weight is 258 g/mol. The van der Waals surface area contributed by atoms with E-state index in [0.29, 0.717) is 0 Å². The van der Waals surface area contributed by atoms with Crippen LogP contribution in [0.3, 0.4) is 0 Å². The average Bonchev–Trinajstić information content (AvgIpc) is 2.67. The third-order valence-corrected chi connectivity index (χ3v) is 2.21. The monoisotopic (exact) mass is 258 g/mol. The van der Waals surface area contributed by atoms with Gasteiger partial charge >= 0.3 is 6.18 Å². The van der Waals surface area contributed by atoms with Crippen LogP contribution in [0, 0.1) is 6.92 Å². The number of halogens is 3. The Morgan fingerprint density at radius 2 is 2.06 bits per heavy atom. The number of aryl methyl sites for hydroxylation is 1. The molecule has 0 unspecified atom stereocenters. The molecule has 2 rings (SSSR count). The van der Waals surface area contributed by atoms with Gasteiger partial charge in [-0.05, 0) is 19.1 Å². The second kappa shape index (κ2) is 4.32. The molecule has 0 fully saturated rings. The minimum absolute atomic E-state index is 0.122. The number of alkyl halides is 3. The number of phenols is 1. The topological polar surface area (TPSA) is 59.2 Å². The number of rotatable bonds is 2. The lowest BCUT2D eigenvalue weighted by Gasteiger charge is -2.01. The van der Waals surface area contributed by atoms with Crippen molar-refractivity contribution in [2.45, 2.75) is 19.5 Å². The molecule has 1 aromatic heterocycles. The predicted octanol–water partition coefficient (Wildman–Crippen LogP) is 2.86. The zero-order valence-corrected chi connectivity index (χ0v) is 9.32. The second-order valence-electron chi connectivity index (χ2n) is 3.83. The van der Waals surface area contributed by atoms with Gasteiger partial charge in [-0.1, -0.05) is 16.8 Å². The van der Waals surface area contributed by atoms with E-state index in [0.717, 1.165) is 5.56 Å². The lowest BCUT2D eigenvalue weighted by atomic mass is 10.1. The lowest BCUT2D eigenvalue weighted by Crippen LogP contribution is -2.12. The van der Waals surface area contributed by atoms with Crippen LogP contribution in [0.1, 0.15) is 11.4 Å². The molecule has 1 aromatic carbocycles. The summed E-state index contributed by atoms with van der Waals surface area (Å²) >= 11 is 0. The van der Waals surface area contributed by atoms with Crippen molar-refractivity contribution in [3.05, 3.63) is 29.6 Å². The van der Waals surface area contributed by atoms with E-state index in [1.165, 1.54) is 6.07 Å². The summed E-state index contributed by atoms with van der Waals surface area (Å²) in [5.74, 6) is -0.711. The molecule has 4 nitrogen and oxygen atoms in total. The molecule has 1 N–H and O–H groups in total. The van der Waals surface area contributed by atoms with E-state index >= 15 is 0 Å². The third-order valence-electron chi connectivity index (χ3n) is 2.21. The van der Waals surface area contributed by atoms with Crippen LogP contribution in [0.15, 0.2) is 22.7 Å². The van der Waals surface area contributed by atoms with Crippen molar-refractivity contribution < 1.29 is 22.8 Å². The molecule has 0 amide bonds. The van der Waals surface area contributed by atoms with Crippen molar-refractivity contribution >= 4 is 0 Å². The van der Waals surface area contributed by atoms with Gasteiger partial charge in [-0.2, -0.15) is 18.2 Å². The maximum absolute atomic E-state index is 12.1. The first-order valence-electron chi connectivity index (χ1n) is 5.04. The Morgan fingerprint density at radius 3 is 2.72 bits per heavy atom. The molecule has 0 saturated heterocycles. The van der Waals surface area contributed by atoms with Crippen molar-refractivity contribution in [3.63, 3.8) is 0 Å². The number of benzene rings is 1. The van der Waals surface area contributed by atoms with Crippen LogP contribution in [-0.4, -0.2) is 21.4 Å². The summed E-state index contributed by atoms with van der Waals surface area (Å²) in [4.78, 5) is 3.61. The Bertz CT molecular complexity index is 564. The van der Waals surface area contributed by atoms with Crippen LogP contribution in [0.5, 0.6) is 5.75 Å². The zero-order chi connectivity index (χ0) is 13.3. The Morgan fingerprint density at radius 1 is 1.33 bits per heavy atom. The Kier molecular flexibility index (Phi) is 2.98. The van der Waals surface area contributed by atoms with Gasteiger partial charge in [-0.3, -0.25) is 0 Å². The van der Waals surface area contributed by atoms with E-state index in [9.17, 15) is 18.3 Å². The fraction of sp³-hybridized carbons (Fsp3) is 0.273. The van der Waals surface area contributed by atoms with Crippen LogP contribution in [0.4, 0.5) is 13.2 Å². The van der Waals surface area contributed by atoms with E-state index in [2.05, 4.69) is 10.1 Å². The summed E-state index contributed by atoms with van der Waals surface area (Å²) < 4.78 is 41.1. The van der Waals surface area contributed by atoms with E-state index in [-0.39, 0.29) is 17.2 Å². The van der Waals surface area contributed by atoms with Crippen LogP contribution in [0.2, 0.25) is 0 Å². The smallest absolute Gasteiger partial charge is 0.396 e. The highest BCUT2D eigenvalue weighted by Gasteiger charge is 2.30. The molecule has 0 aliphatic carbocycles. The summed E-state index contributed by atoms with van der Waals surface area (Å²) in [5, 5.41) is 12.8. The molecule has 7 heteroatoms. The Labute approximate surface area is 100 Å². The summed E-state index contributed by atoms with van der Waals surface area (Å²) in [7, 11) is 0. The molecule has 96 valence electrons. The molecule has 0 saturated carbocycles. The Hall–Kier alpha value is -2.05. The maximum atomic E-state index is 12.1. The first kappa shape index (κ1) is 12.4. The second-order valence-corrected chi connectivity index (χ2v) is 3.83. The molecular formula is C11H9F3N2O2. The van der Waals surface area contributed by atoms with Crippen LogP contribution < -0.4 is 0 Å². The zero-order valence-electron chi connectivity index (χ0n) is 9.32. The quantitative estimate of drug-likeness (QED) is 0.899. The van der Waals surface area contributed by atoms with E-state index in [1.54, 1.807) is 19.1 Å². The number of aromatic nitrogens is 2. The molecular weight excluding hydrogens is 249 g/mol.